The molecule has 0 saturated heterocycles. The van der Waals surface area contributed by atoms with Gasteiger partial charge in [-0.2, -0.15) is 0 Å². The van der Waals surface area contributed by atoms with Gasteiger partial charge in [0.25, 0.3) is 0 Å². The fraction of sp³-hybridized carbons (Fsp3) is 0.571. The van der Waals surface area contributed by atoms with Gasteiger partial charge in [0.15, 0.2) is 0 Å². The lowest BCUT2D eigenvalue weighted by molar-refractivity contribution is 0.161. The van der Waals surface area contributed by atoms with Crippen LogP contribution in [0, 0.1) is 0 Å². The van der Waals surface area contributed by atoms with E-state index in [2.05, 4.69) is 11.9 Å². The summed E-state index contributed by atoms with van der Waals surface area (Å²) in [5, 5.41) is 9.77. The number of benzene rings is 1. The second-order valence-corrected chi connectivity index (χ2v) is 5.06. The van der Waals surface area contributed by atoms with Crippen LogP contribution in [0.3, 0.4) is 0 Å². The molecule has 0 aromatic heterocycles. The second kappa shape index (κ2) is 5.52. The van der Waals surface area contributed by atoms with Crippen molar-refractivity contribution in [2.24, 2.45) is 5.73 Å². The first-order chi connectivity index (χ1) is 8.18. The van der Waals surface area contributed by atoms with Gasteiger partial charge in [-0.3, -0.25) is 4.90 Å². The largest absolute Gasteiger partial charge is 0.508 e. The van der Waals surface area contributed by atoms with Crippen molar-refractivity contribution in [3.05, 3.63) is 29.8 Å². The molecule has 0 unspecified atom stereocenters. The Morgan fingerprint density at radius 2 is 2.00 bits per heavy atom. The minimum absolute atomic E-state index is 0.277. The van der Waals surface area contributed by atoms with Crippen LogP contribution in [0.25, 0.3) is 0 Å². The lowest BCUT2D eigenvalue weighted by Gasteiger charge is -2.36. The Labute approximate surface area is 103 Å². The molecule has 94 valence electrons. The fourth-order valence-corrected chi connectivity index (χ4v) is 2.72. The van der Waals surface area contributed by atoms with Crippen molar-refractivity contribution in [3.8, 4) is 5.75 Å². The number of phenols is 1. The summed E-state index contributed by atoms with van der Waals surface area (Å²) in [6.45, 7) is 0.769. The van der Waals surface area contributed by atoms with E-state index in [1.54, 1.807) is 6.07 Å². The van der Waals surface area contributed by atoms with E-state index in [1.807, 2.05) is 18.2 Å². The highest BCUT2D eigenvalue weighted by Crippen LogP contribution is 2.24. The maximum Gasteiger partial charge on any atom is 0.120 e. The molecule has 1 saturated carbocycles. The standard InChI is InChI=1S/C14H22N2O/c1-16(13-8-4-3-7-12(13)15)10-11-6-2-5-9-14(11)17/h2,5-6,9,12-13,17H,3-4,7-8,10,15H2,1H3/t12-,13-/m1/s1. The lowest BCUT2D eigenvalue weighted by atomic mass is 9.90. The summed E-state index contributed by atoms with van der Waals surface area (Å²) in [4.78, 5) is 2.28. The van der Waals surface area contributed by atoms with Gasteiger partial charge in [0.1, 0.15) is 5.75 Å². The van der Waals surface area contributed by atoms with E-state index in [-0.39, 0.29) is 6.04 Å². The zero-order valence-electron chi connectivity index (χ0n) is 10.5. The zero-order valence-corrected chi connectivity index (χ0v) is 10.5. The zero-order chi connectivity index (χ0) is 12.3. The lowest BCUT2D eigenvalue weighted by Crippen LogP contribution is -2.47. The smallest absolute Gasteiger partial charge is 0.120 e. The molecular weight excluding hydrogens is 212 g/mol. The van der Waals surface area contributed by atoms with Crippen LogP contribution in [0.2, 0.25) is 0 Å². The van der Waals surface area contributed by atoms with Gasteiger partial charge in [0.05, 0.1) is 0 Å². The Hall–Kier alpha value is -1.06. The summed E-state index contributed by atoms with van der Waals surface area (Å²) < 4.78 is 0. The number of rotatable bonds is 3. The summed E-state index contributed by atoms with van der Waals surface area (Å²) in [6.07, 6.45) is 4.81. The highest BCUT2D eigenvalue weighted by Gasteiger charge is 2.25. The third-order valence-corrected chi connectivity index (χ3v) is 3.76. The summed E-state index contributed by atoms with van der Waals surface area (Å²) in [6, 6.07) is 8.25. The summed E-state index contributed by atoms with van der Waals surface area (Å²) in [5.74, 6) is 0.378. The van der Waals surface area contributed by atoms with Crippen molar-refractivity contribution in [1.29, 1.82) is 0 Å². The number of aromatic hydroxyl groups is 1. The average Bonchev–Trinajstić information content (AvgIpc) is 2.32. The Balaban J connectivity index is 2.01. The number of hydrogen-bond acceptors (Lipinski definition) is 3. The molecule has 0 amide bonds. The maximum absolute atomic E-state index is 9.77. The number of hydrogen-bond donors (Lipinski definition) is 2. The molecule has 3 nitrogen and oxygen atoms in total. The molecule has 1 aliphatic carbocycles. The molecule has 3 heteroatoms. The first-order valence-electron chi connectivity index (χ1n) is 6.41. The van der Waals surface area contributed by atoms with E-state index >= 15 is 0 Å². The molecule has 1 aliphatic rings. The Bertz CT molecular complexity index is 367. The van der Waals surface area contributed by atoms with Gasteiger partial charge in [0.2, 0.25) is 0 Å². The molecule has 0 aliphatic heterocycles. The van der Waals surface area contributed by atoms with Crippen LogP contribution < -0.4 is 5.73 Å². The Morgan fingerprint density at radius 3 is 2.71 bits per heavy atom. The third kappa shape index (κ3) is 2.99. The van der Waals surface area contributed by atoms with Crippen molar-refractivity contribution in [1.82, 2.24) is 4.90 Å². The first kappa shape index (κ1) is 12.4. The number of para-hydroxylation sites is 1. The number of phenolic OH excluding ortho intramolecular Hbond substituents is 1. The van der Waals surface area contributed by atoms with E-state index in [0.29, 0.717) is 11.8 Å². The molecule has 2 rings (SSSR count). The molecule has 0 bridgehead atoms. The van der Waals surface area contributed by atoms with E-state index < -0.39 is 0 Å². The molecule has 3 N–H and O–H groups in total. The normalized spacial score (nSPS) is 25.1. The predicted octanol–water partition coefficient (Wildman–Crippen LogP) is 2.09. The highest BCUT2D eigenvalue weighted by molar-refractivity contribution is 5.31. The molecule has 0 radical (unpaired) electrons. The highest BCUT2D eigenvalue weighted by atomic mass is 16.3. The van der Waals surface area contributed by atoms with E-state index in [4.69, 9.17) is 5.73 Å². The van der Waals surface area contributed by atoms with E-state index in [9.17, 15) is 5.11 Å². The maximum atomic E-state index is 9.77. The van der Waals surface area contributed by atoms with Crippen LogP contribution in [0.4, 0.5) is 0 Å². The van der Waals surface area contributed by atoms with Crippen LogP contribution in [-0.2, 0) is 6.54 Å². The van der Waals surface area contributed by atoms with Gasteiger partial charge in [-0.25, -0.2) is 0 Å². The summed E-state index contributed by atoms with van der Waals surface area (Å²) in [5.41, 5.74) is 7.15. The number of nitrogens with two attached hydrogens (primary N) is 1. The van der Waals surface area contributed by atoms with Crippen LogP contribution in [0.15, 0.2) is 24.3 Å². The molecule has 1 aromatic rings. The van der Waals surface area contributed by atoms with Gasteiger partial charge in [0, 0.05) is 24.2 Å². The van der Waals surface area contributed by atoms with Crippen molar-refractivity contribution in [2.75, 3.05) is 7.05 Å². The van der Waals surface area contributed by atoms with Crippen molar-refractivity contribution < 1.29 is 5.11 Å². The predicted molar refractivity (Wildman–Crippen MR) is 69.8 cm³/mol. The molecule has 1 aromatic carbocycles. The summed E-state index contributed by atoms with van der Waals surface area (Å²) >= 11 is 0. The summed E-state index contributed by atoms with van der Waals surface area (Å²) in [7, 11) is 2.10. The number of nitrogens with zero attached hydrogens (tertiary/aromatic N) is 1. The SMILES string of the molecule is CN(Cc1ccccc1O)[C@@H]1CCCC[C@H]1N. The quantitative estimate of drug-likeness (QED) is 0.842. The Kier molecular flexibility index (Phi) is 4.02. The second-order valence-electron chi connectivity index (χ2n) is 5.06. The number of likely N-dealkylation sites (N-methyl/N-ethyl adjacent to an activating group) is 1. The van der Waals surface area contributed by atoms with Crippen molar-refractivity contribution in [2.45, 2.75) is 44.3 Å². The van der Waals surface area contributed by atoms with Gasteiger partial charge in [-0.1, -0.05) is 31.0 Å². The van der Waals surface area contributed by atoms with Gasteiger partial charge >= 0.3 is 0 Å². The van der Waals surface area contributed by atoms with E-state index in [1.165, 1.54) is 19.3 Å². The first-order valence-corrected chi connectivity index (χ1v) is 6.41. The van der Waals surface area contributed by atoms with Crippen LogP contribution in [-0.4, -0.2) is 29.1 Å². The van der Waals surface area contributed by atoms with Gasteiger partial charge < -0.3 is 10.8 Å². The van der Waals surface area contributed by atoms with E-state index in [0.717, 1.165) is 18.5 Å². The minimum Gasteiger partial charge on any atom is -0.508 e. The Morgan fingerprint density at radius 1 is 1.29 bits per heavy atom. The molecule has 2 atom stereocenters. The van der Waals surface area contributed by atoms with Crippen molar-refractivity contribution in [3.63, 3.8) is 0 Å². The molecule has 17 heavy (non-hydrogen) atoms. The van der Waals surface area contributed by atoms with Gasteiger partial charge in [-0.05, 0) is 26.0 Å². The monoisotopic (exact) mass is 234 g/mol. The average molecular weight is 234 g/mol. The minimum atomic E-state index is 0.277. The van der Waals surface area contributed by atoms with Gasteiger partial charge in [-0.15, -0.1) is 0 Å². The van der Waals surface area contributed by atoms with Crippen LogP contribution >= 0.6 is 0 Å². The molecule has 0 spiro atoms. The topological polar surface area (TPSA) is 49.5 Å². The molecular formula is C14H22N2O. The van der Waals surface area contributed by atoms with Crippen molar-refractivity contribution >= 4 is 0 Å². The molecule has 1 fully saturated rings. The fourth-order valence-electron chi connectivity index (χ4n) is 2.72. The molecule has 0 heterocycles. The van der Waals surface area contributed by atoms with Crippen LogP contribution in [0.1, 0.15) is 31.2 Å². The third-order valence-electron chi connectivity index (χ3n) is 3.76. The van der Waals surface area contributed by atoms with Crippen LogP contribution in [0.5, 0.6) is 5.75 Å².